The predicted octanol–water partition coefficient (Wildman–Crippen LogP) is 3.03. The van der Waals surface area contributed by atoms with Crippen molar-refractivity contribution in [2.24, 2.45) is 11.7 Å². The Balaban J connectivity index is 0.00000147. The second kappa shape index (κ2) is 6.80. The van der Waals surface area contributed by atoms with Crippen molar-refractivity contribution in [3.05, 3.63) is 29.0 Å². The van der Waals surface area contributed by atoms with Gasteiger partial charge in [0, 0.05) is 6.54 Å². The number of hydrogen-bond acceptors (Lipinski definition) is 4. The first-order valence-corrected chi connectivity index (χ1v) is 7.53. The van der Waals surface area contributed by atoms with Crippen molar-refractivity contribution in [3.63, 3.8) is 0 Å². The van der Waals surface area contributed by atoms with Gasteiger partial charge in [0.15, 0.2) is 0 Å². The molecule has 1 aliphatic heterocycles. The Morgan fingerprint density at radius 2 is 2.30 bits per heavy atom. The molecule has 0 bridgehead atoms. The van der Waals surface area contributed by atoms with Crippen molar-refractivity contribution in [3.8, 4) is 0 Å². The van der Waals surface area contributed by atoms with Gasteiger partial charge in [-0.1, -0.05) is 0 Å². The lowest BCUT2D eigenvalue weighted by molar-refractivity contribution is 0.171. The zero-order valence-corrected chi connectivity index (χ0v) is 12.9. The third-order valence-corrected chi connectivity index (χ3v) is 4.69. The van der Waals surface area contributed by atoms with Crippen LogP contribution in [0.2, 0.25) is 0 Å². The Kier molecular flexibility index (Phi) is 5.32. The van der Waals surface area contributed by atoms with Crippen LogP contribution in [0.3, 0.4) is 0 Å². The number of rotatable bonds is 3. The van der Waals surface area contributed by atoms with Crippen LogP contribution < -0.4 is 5.73 Å². The van der Waals surface area contributed by atoms with Gasteiger partial charge in [-0.2, -0.15) is 0 Å². The molecule has 1 atom stereocenters. The lowest BCUT2D eigenvalue weighted by Gasteiger charge is -2.31. The fourth-order valence-electron chi connectivity index (χ4n) is 2.69. The predicted molar refractivity (Wildman–Crippen MR) is 83.9 cm³/mol. The molecular weight excluding hydrogens is 297 g/mol. The summed E-state index contributed by atoms with van der Waals surface area (Å²) in [5, 5.41) is 1.07. The molecule has 110 valence electrons. The van der Waals surface area contributed by atoms with Crippen LogP contribution in [0.25, 0.3) is 10.2 Å². The highest BCUT2D eigenvalue weighted by Crippen LogP contribution is 2.25. The van der Waals surface area contributed by atoms with E-state index in [1.165, 1.54) is 18.9 Å². The molecular formula is C14H19ClFN3S. The highest BCUT2D eigenvalue weighted by Gasteiger charge is 2.19. The van der Waals surface area contributed by atoms with Crippen LogP contribution >= 0.6 is 23.7 Å². The molecule has 1 saturated heterocycles. The van der Waals surface area contributed by atoms with E-state index in [0.717, 1.165) is 41.4 Å². The summed E-state index contributed by atoms with van der Waals surface area (Å²) < 4.78 is 14.1. The van der Waals surface area contributed by atoms with Gasteiger partial charge in [0.25, 0.3) is 0 Å². The van der Waals surface area contributed by atoms with E-state index in [1.54, 1.807) is 23.5 Å². The summed E-state index contributed by atoms with van der Waals surface area (Å²) in [6.07, 6.45) is 2.44. The molecule has 2 heterocycles. The van der Waals surface area contributed by atoms with Gasteiger partial charge in [-0.3, -0.25) is 4.90 Å². The summed E-state index contributed by atoms with van der Waals surface area (Å²) in [5.74, 6) is 0.421. The number of piperidine rings is 1. The van der Waals surface area contributed by atoms with Gasteiger partial charge >= 0.3 is 0 Å². The molecule has 2 aromatic rings. The Bertz CT molecular complexity index is 575. The molecule has 20 heavy (non-hydrogen) atoms. The van der Waals surface area contributed by atoms with Gasteiger partial charge in [0.1, 0.15) is 10.8 Å². The number of nitrogens with two attached hydrogens (primary N) is 1. The van der Waals surface area contributed by atoms with E-state index >= 15 is 0 Å². The molecule has 1 aromatic heterocycles. The van der Waals surface area contributed by atoms with Crippen LogP contribution in [0, 0.1) is 11.7 Å². The summed E-state index contributed by atoms with van der Waals surface area (Å²) in [6.45, 7) is 3.79. The van der Waals surface area contributed by atoms with Crippen LogP contribution in [0.5, 0.6) is 0 Å². The first-order valence-electron chi connectivity index (χ1n) is 6.72. The highest BCUT2D eigenvalue weighted by molar-refractivity contribution is 7.18. The van der Waals surface area contributed by atoms with Gasteiger partial charge in [0.05, 0.1) is 16.8 Å². The van der Waals surface area contributed by atoms with Crippen molar-refractivity contribution < 1.29 is 4.39 Å². The van der Waals surface area contributed by atoms with Crippen molar-refractivity contribution in [2.45, 2.75) is 19.4 Å². The van der Waals surface area contributed by atoms with E-state index in [1.807, 2.05) is 0 Å². The first kappa shape index (κ1) is 15.6. The minimum absolute atomic E-state index is 0. The minimum atomic E-state index is -0.191. The second-order valence-electron chi connectivity index (χ2n) is 5.20. The average Bonchev–Trinajstić information content (AvgIpc) is 2.80. The summed E-state index contributed by atoms with van der Waals surface area (Å²) in [7, 11) is 0. The number of halogens is 2. The molecule has 2 N–H and O–H groups in total. The topological polar surface area (TPSA) is 42.1 Å². The fourth-order valence-corrected chi connectivity index (χ4v) is 3.73. The molecule has 1 aliphatic rings. The minimum Gasteiger partial charge on any atom is -0.330 e. The van der Waals surface area contributed by atoms with E-state index in [4.69, 9.17) is 5.73 Å². The Labute approximate surface area is 128 Å². The summed E-state index contributed by atoms with van der Waals surface area (Å²) in [5.41, 5.74) is 6.65. The summed E-state index contributed by atoms with van der Waals surface area (Å²) in [6, 6.07) is 4.79. The number of thiazole rings is 1. The first-order chi connectivity index (χ1) is 9.24. The van der Waals surface area contributed by atoms with E-state index in [9.17, 15) is 4.39 Å². The van der Waals surface area contributed by atoms with Gasteiger partial charge in [-0.05, 0) is 50.0 Å². The van der Waals surface area contributed by atoms with Gasteiger partial charge in [-0.15, -0.1) is 23.7 Å². The number of nitrogens with zero attached hydrogens (tertiary/aromatic N) is 2. The number of aromatic nitrogens is 1. The average molecular weight is 316 g/mol. The molecule has 1 unspecified atom stereocenters. The maximum Gasteiger partial charge on any atom is 0.124 e. The molecule has 0 amide bonds. The molecule has 0 radical (unpaired) electrons. The molecule has 1 aromatic carbocycles. The molecule has 0 spiro atoms. The zero-order chi connectivity index (χ0) is 13.2. The smallest absolute Gasteiger partial charge is 0.124 e. The highest BCUT2D eigenvalue weighted by atomic mass is 35.5. The second-order valence-corrected chi connectivity index (χ2v) is 6.31. The standard InChI is InChI=1S/C14H18FN3S.ClH/c15-11-3-4-12-13(6-11)19-14(17-12)9-18-5-1-2-10(7-16)8-18;/h3-4,6,10H,1-2,5,7-9,16H2;1H. The quantitative estimate of drug-likeness (QED) is 0.946. The van der Waals surface area contributed by atoms with Crippen molar-refractivity contribution in [1.29, 1.82) is 0 Å². The maximum atomic E-state index is 13.2. The number of fused-ring (bicyclic) bond motifs is 1. The van der Waals surface area contributed by atoms with Crippen LogP contribution in [0.4, 0.5) is 4.39 Å². The van der Waals surface area contributed by atoms with E-state index < -0.39 is 0 Å². The van der Waals surface area contributed by atoms with Crippen LogP contribution in [-0.4, -0.2) is 29.5 Å². The van der Waals surface area contributed by atoms with Crippen molar-refractivity contribution >= 4 is 34.0 Å². The van der Waals surface area contributed by atoms with Crippen molar-refractivity contribution in [1.82, 2.24) is 9.88 Å². The number of likely N-dealkylation sites (tertiary alicyclic amines) is 1. The lowest BCUT2D eigenvalue weighted by Crippen LogP contribution is -2.37. The largest absolute Gasteiger partial charge is 0.330 e. The van der Waals surface area contributed by atoms with Gasteiger partial charge < -0.3 is 5.73 Å². The van der Waals surface area contributed by atoms with Crippen molar-refractivity contribution in [2.75, 3.05) is 19.6 Å². The van der Waals surface area contributed by atoms with E-state index in [0.29, 0.717) is 5.92 Å². The van der Waals surface area contributed by atoms with E-state index in [-0.39, 0.29) is 18.2 Å². The van der Waals surface area contributed by atoms with Gasteiger partial charge in [0.2, 0.25) is 0 Å². The summed E-state index contributed by atoms with van der Waals surface area (Å²) in [4.78, 5) is 6.99. The lowest BCUT2D eigenvalue weighted by atomic mass is 9.98. The monoisotopic (exact) mass is 315 g/mol. The molecule has 1 fully saturated rings. The third-order valence-electron chi connectivity index (χ3n) is 3.69. The Morgan fingerprint density at radius 1 is 1.45 bits per heavy atom. The fraction of sp³-hybridized carbons (Fsp3) is 0.500. The molecule has 3 rings (SSSR count). The van der Waals surface area contributed by atoms with E-state index in [2.05, 4.69) is 9.88 Å². The Hall–Kier alpha value is -0.750. The molecule has 0 aliphatic carbocycles. The third kappa shape index (κ3) is 3.47. The van der Waals surface area contributed by atoms with Crippen LogP contribution in [0.15, 0.2) is 18.2 Å². The van der Waals surface area contributed by atoms with Crippen LogP contribution in [-0.2, 0) is 6.54 Å². The zero-order valence-electron chi connectivity index (χ0n) is 11.2. The van der Waals surface area contributed by atoms with Gasteiger partial charge in [-0.25, -0.2) is 9.37 Å². The van der Waals surface area contributed by atoms with Crippen LogP contribution in [0.1, 0.15) is 17.8 Å². The summed E-state index contributed by atoms with van der Waals surface area (Å²) >= 11 is 1.59. The molecule has 6 heteroatoms. The number of benzene rings is 1. The molecule has 3 nitrogen and oxygen atoms in total. The normalized spacial score (nSPS) is 20.0. The SMILES string of the molecule is Cl.NCC1CCCN(Cc2nc3ccc(F)cc3s2)C1. The molecule has 0 saturated carbocycles. The maximum absolute atomic E-state index is 13.2. The Morgan fingerprint density at radius 3 is 3.10 bits per heavy atom. The number of hydrogen-bond donors (Lipinski definition) is 1.